The average Bonchev–Trinajstić information content (AvgIpc) is 3.05. The molecule has 1 aliphatic rings. The van der Waals surface area contributed by atoms with Crippen LogP contribution in [0.25, 0.3) is 0 Å². The number of fused-ring (bicyclic) bond motifs is 1. The van der Waals surface area contributed by atoms with Crippen LogP contribution in [0.3, 0.4) is 0 Å². The van der Waals surface area contributed by atoms with E-state index in [1.165, 1.54) is 12.4 Å². The van der Waals surface area contributed by atoms with E-state index in [4.69, 9.17) is 0 Å². The van der Waals surface area contributed by atoms with E-state index >= 15 is 0 Å². The first-order valence-electron chi connectivity index (χ1n) is 8.50. The number of carbonyl (C=O) groups is 1. The molecular formula is C18H19N7O. The Morgan fingerprint density at radius 1 is 1.12 bits per heavy atom. The van der Waals surface area contributed by atoms with E-state index in [9.17, 15) is 4.79 Å². The maximum atomic E-state index is 12.9. The van der Waals surface area contributed by atoms with Crippen LogP contribution in [-0.2, 0) is 13.1 Å². The topological polar surface area (TPSA) is 88.8 Å². The van der Waals surface area contributed by atoms with Gasteiger partial charge in [-0.05, 0) is 18.2 Å². The minimum Gasteiger partial charge on any atom is -0.370 e. The number of nitrogens with one attached hydrogen (secondary N) is 1. The zero-order valence-electron chi connectivity index (χ0n) is 14.2. The highest BCUT2D eigenvalue weighted by Gasteiger charge is 2.27. The molecule has 8 nitrogen and oxygen atoms in total. The molecule has 0 aliphatic carbocycles. The van der Waals surface area contributed by atoms with Gasteiger partial charge >= 0.3 is 0 Å². The third-order valence-electron chi connectivity index (χ3n) is 4.37. The highest BCUT2D eigenvalue weighted by atomic mass is 16.2. The highest BCUT2D eigenvalue weighted by molar-refractivity contribution is 5.91. The molecule has 1 N–H and O–H groups in total. The average molecular weight is 349 g/mol. The molecule has 3 aromatic heterocycles. The molecule has 4 rings (SSSR count). The van der Waals surface area contributed by atoms with Gasteiger partial charge in [0.2, 0.25) is 0 Å². The zero-order chi connectivity index (χ0) is 17.8. The number of hydrogen-bond acceptors (Lipinski definition) is 6. The summed E-state index contributed by atoms with van der Waals surface area (Å²) in [4.78, 5) is 27.1. The van der Waals surface area contributed by atoms with Crippen LogP contribution >= 0.6 is 0 Å². The number of amides is 1. The second-order valence-electron chi connectivity index (χ2n) is 6.24. The van der Waals surface area contributed by atoms with Gasteiger partial charge in [-0.25, -0.2) is 9.97 Å². The molecular weight excluding hydrogens is 330 g/mol. The van der Waals surface area contributed by atoms with Crippen molar-refractivity contribution in [3.05, 3.63) is 66.6 Å². The Morgan fingerprint density at radius 2 is 2.08 bits per heavy atom. The molecule has 1 aliphatic heterocycles. The summed E-state index contributed by atoms with van der Waals surface area (Å²) in [6.07, 6.45) is 8.13. The lowest BCUT2D eigenvalue weighted by atomic mass is 10.1. The number of rotatable bonds is 4. The molecule has 0 radical (unpaired) electrons. The maximum Gasteiger partial charge on any atom is 0.274 e. The Labute approximate surface area is 150 Å². The van der Waals surface area contributed by atoms with Gasteiger partial charge in [0.1, 0.15) is 11.5 Å². The predicted octanol–water partition coefficient (Wildman–Crippen LogP) is 1.45. The molecule has 0 saturated heterocycles. The van der Waals surface area contributed by atoms with Gasteiger partial charge in [-0.1, -0.05) is 6.07 Å². The summed E-state index contributed by atoms with van der Waals surface area (Å²) in [6.45, 7) is 2.56. The maximum absolute atomic E-state index is 12.9. The van der Waals surface area contributed by atoms with E-state index < -0.39 is 0 Å². The minimum atomic E-state index is -0.115. The van der Waals surface area contributed by atoms with E-state index in [0.29, 0.717) is 25.3 Å². The quantitative estimate of drug-likeness (QED) is 0.767. The third-order valence-corrected chi connectivity index (χ3v) is 4.37. The monoisotopic (exact) mass is 349 g/mol. The van der Waals surface area contributed by atoms with Crippen LogP contribution < -0.4 is 5.32 Å². The Balaban J connectivity index is 1.53. The summed E-state index contributed by atoms with van der Waals surface area (Å²) in [6, 6.07) is 7.70. The summed E-state index contributed by atoms with van der Waals surface area (Å²) in [5.74, 6) is 0.901. The lowest BCUT2D eigenvalue weighted by Crippen LogP contribution is -2.36. The van der Waals surface area contributed by atoms with E-state index in [1.807, 2.05) is 33.8 Å². The molecule has 0 unspecified atom stereocenters. The van der Waals surface area contributed by atoms with Gasteiger partial charge in [0.25, 0.3) is 5.91 Å². The molecule has 0 fully saturated rings. The summed E-state index contributed by atoms with van der Waals surface area (Å²) in [5, 5.41) is 7.74. The normalized spacial score (nSPS) is 16.6. The van der Waals surface area contributed by atoms with Crippen LogP contribution in [0.15, 0.2) is 55.2 Å². The number of carbonyl (C=O) groups excluding carboxylic acids is 1. The molecule has 3 aromatic rings. The zero-order valence-corrected chi connectivity index (χ0v) is 14.2. The van der Waals surface area contributed by atoms with Crippen molar-refractivity contribution in [1.82, 2.24) is 29.6 Å². The fourth-order valence-corrected chi connectivity index (χ4v) is 3.10. The van der Waals surface area contributed by atoms with Gasteiger partial charge in [0.05, 0.1) is 18.4 Å². The second kappa shape index (κ2) is 7.30. The van der Waals surface area contributed by atoms with Crippen LogP contribution in [0.1, 0.15) is 16.2 Å². The minimum absolute atomic E-state index is 0.115. The predicted molar refractivity (Wildman–Crippen MR) is 95.2 cm³/mol. The number of nitrogens with zero attached hydrogens (tertiary/aromatic N) is 6. The van der Waals surface area contributed by atoms with Crippen LogP contribution in [0.5, 0.6) is 0 Å². The van der Waals surface area contributed by atoms with Crippen molar-refractivity contribution in [2.24, 2.45) is 5.92 Å². The molecule has 0 spiro atoms. The van der Waals surface area contributed by atoms with Crippen molar-refractivity contribution >= 4 is 11.7 Å². The molecule has 0 bridgehead atoms. The Bertz CT molecular complexity index is 866. The number of aromatic nitrogens is 5. The van der Waals surface area contributed by atoms with Crippen molar-refractivity contribution in [2.45, 2.75) is 13.1 Å². The standard InChI is InChI=1S/C18H19N7O/c26-18(16-10-19-7-8-20-16)24-11-14(9-22-17-3-1-2-5-21-17)12-25-15(13-24)4-6-23-25/h1-8,10,14H,9,11-13H2,(H,21,22)/t14-/m1/s1. The van der Waals surface area contributed by atoms with E-state index in [0.717, 1.165) is 18.1 Å². The van der Waals surface area contributed by atoms with E-state index in [1.54, 1.807) is 18.6 Å². The van der Waals surface area contributed by atoms with Crippen molar-refractivity contribution < 1.29 is 4.79 Å². The first-order valence-corrected chi connectivity index (χ1v) is 8.50. The summed E-state index contributed by atoms with van der Waals surface area (Å²) >= 11 is 0. The number of pyridine rings is 1. The molecule has 4 heterocycles. The van der Waals surface area contributed by atoms with Gasteiger partial charge < -0.3 is 10.2 Å². The highest BCUT2D eigenvalue weighted by Crippen LogP contribution is 2.18. The second-order valence-corrected chi connectivity index (χ2v) is 6.24. The van der Waals surface area contributed by atoms with Gasteiger partial charge in [-0.15, -0.1) is 0 Å². The smallest absolute Gasteiger partial charge is 0.274 e. The lowest BCUT2D eigenvalue weighted by Gasteiger charge is -2.24. The molecule has 0 aromatic carbocycles. The van der Waals surface area contributed by atoms with Crippen LogP contribution in [0, 0.1) is 5.92 Å². The van der Waals surface area contributed by atoms with Crippen LogP contribution in [-0.4, -0.2) is 48.6 Å². The molecule has 8 heteroatoms. The van der Waals surface area contributed by atoms with Crippen molar-refractivity contribution in [1.29, 1.82) is 0 Å². The molecule has 132 valence electrons. The van der Waals surface area contributed by atoms with Crippen molar-refractivity contribution in [3.63, 3.8) is 0 Å². The first kappa shape index (κ1) is 16.2. The van der Waals surface area contributed by atoms with Gasteiger partial charge in [0, 0.05) is 50.3 Å². The van der Waals surface area contributed by atoms with Crippen LogP contribution in [0.2, 0.25) is 0 Å². The molecule has 1 amide bonds. The molecule has 0 saturated carbocycles. The summed E-state index contributed by atoms with van der Waals surface area (Å²) in [5.41, 5.74) is 1.37. The van der Waals surface area contributed by atoms with Crippen molar-refractivity contribution in [2.75, 3.05) is 18.4 Å². The van der Waals surface area contributed by atoms with Crippen molar-refractivity contribution in [3.8, 4) is 0 Å². The Morgan fingerprint density at radius 3 is 2.88 bits per heavy atom. The van der Waals surface area contributed by atoms with Gasteiger partial charge in [0.15, 0.2) is 0 Å². The molecule has 26 heavy (non-hydrogen) atoms. The fourth-order valence-electron chi connectivity index (χ4n) is 3.10. The summed E-state index contributed by atoms with van der Waals surface area (Å²) in [7, 11) is 0. The van der Waals surface area contributed by atoms with E-state index in [-0.39, 0.29) is 11.8 Å². The Hall–Kier alpha value is -3.29. The molecule has 1 atom stereocenters. The SMILES string of the molecule is O=C(c1cnccn1)N1Cc2ccnn2C[C@H](CNc2ccccn2)C1. The van der Waals surface area contributed by atoms with Crippen LogP contribution in [0.4, 0.5) is 5.82 Å². The van der Waals surface area contributed by atoms with E-state index in [2.05, 4.69) is 25.4 Å². The van der Waals surface area contributed by atoms with Gasteiger partial charge in [-0.3, -0.25) is 14.5 Å². The number of anilines is 1. The third kappa shape index (κ3) is 3.53. The lowest BCUT2D eigenvalue weighted by molar-refractivity contribution is 0.0717. The summed E-state index contributed by atoms with van der Waals surface area (Å²) < 4.78 is 1.97. The fraction of sp³-hybridized carbons (Fsp3) is 0.278. The number of hydrogen-bond donors (Lipinski definition) is 1. The first-order chi connectivity index (χ1) is 12.8. The van der Waals surface area contributed by atoms with Gasteiger partial charge in [-0.2, -0.15) is 5.10 Å². The largest absolute Gasteiger partial charge is 0.370 e. The Kier molecular flexibility index (Phi) is 4.55.